The number of hydrogen-bond acceptors (Lipinski definition) is 7. The summed E-state index contributed by atoms with van der Waals surface area (Å²) in [6.07, 6.45) is 3.90. The van der Waals surface area contributed by atoms with Crippen LogP contribution in [0.4, 0.5) is 0 Å². The number of aromatic amines is 1. The van der Waals surface area contributed by atoms with Crippen LogP contribution in [0.5, 0.6) is 0 Å². The largest absolute Gasteiger partial charge is 0.467 e. The van der Waals surface area contributed by atoms with E-state index in [0.717, 1.165) is 0 Å². The molecular formula is C24H42N6O5. The fourth-order valence-electron chi connectivity index (χ4n) is 3.47. The van der Waals surface area contributed by atoms with Crippen LogP contribution in [0.15, 0.2) is 12.5 Å². The molecule has 0 aliphatic rings. The van der Waals surface area contributed by atoms with E-state index in [1.807, 2.05) is 41.5 Å². The van der Waals surface area contributed by atoms with Crippen LogP contribution >= 0.6 is 0 Å². The number of rotatable bonds is 14. The molecule has 0 saturated heterocycles. The number of amides is 3. The van der Waals surface area contributed by atoms with Gasteiger partial charge in [0.1, 0.15) is 18.1 Å². The van der Waals surface area contributed by atoms with Gasteiger partial charge in [0.25, 0.3) is 0 Å². The molecule has 0 unspecified atom stereocenters. The van der Waals surface area contributed by atoms with Gasteiger partial charge in [-0.1, -0.05) is 41.5 Å². The second-order valence-corrected chi connectivity index (χ2v) is 10.0. The Morgan fingerprint density at radius 1 is 0.886 bits per heavy atom. The number of nitrogens with one attached hydrogen (secondary N) is 4. The molecule has 0 fully saturated rings. The number of ether oxygens (including phenoxy) is 1. The van der Waals surface area contributed by atoms with Crippen LogP contribution < -0.4 is 21.7 Å². The lowest BCUT2D eigenvalue weighted by molar-refractivity contribution is -0.146. The van der Waals surface area contributed by atoms with E-state index >= 15 is 0 Å². The maximum absolute atomic E-state index is 13.3. The van der Waals surface area contributed by atoms with Gasteiger partial charge in [0.2, 0.25) is 17.7 Å². The minimum Gasteiger partial charge on any atom is -0.467 e. The molecule has 1 aromatic heterocycles. The van der Waals surface area contributed by atoms with Gasteiger partial charge < -0.3 is 31.4 Å². The van der Waals surface area contributed by atoms with Crippen LogP contribution in [0.1, 0.15) is 60.1 Å². The first-order chi connectivity index (χ1) is 16.3. The normalized spacial score (nSPS) is 14.8. The highest BCUT2D eigenvalue weighted by Crippen LogP contribution is 2.11. The molecule has 4 atom stereocenters. The molecule has 1 rings (SSSR count). The van der Waals surface area contributed by atoms with E-state index in [9.17, 15) is 19.2 Å². The van der Waals surface area contributed by atoms with E-state index < -0.39 is 47.9 Å². The SMILES string of the molecule is COC(=O)[C@H](CC(C)C)NC(=O)[C@H](CC(C)C)NC(=O)[C@H](Cc1cnc[nH]1)NC(=O)[C@@H](N)C(C)C. The maximum Gasteiger partial charge on any atom is 0.328 e. The lowest BCUT2D eigenvalue weighted by Gasteiger charge is -2.27. The smallest absolute Gasteiger partial charge is 0.328 e. The monoisotopic (exact) mass is 494 g/mol. The third kappa shape index (κ3) is 10.5. The van der Waals surface area contributed by atoms with Gasteiger partial charge in [-0.05, 0) is 30.6 Å². The van der Waals surface area contributed by atoms with Crippen molar-refractivity contribution in [3.05, 3.63) is 18.2 Å². The van der Waals surface area contributed by atoms with Crippen LogP contribution in [0.2, 0.25) is 0 Å². The highest BCUT2D eigenvalue weighted by Gasteiger charge is 2.32. The number of methoxy groups -OCH3 is 1. The summed E-state index contributed by atoms with van der Waals surface area (Å²) in [6.45, 7) is 11.3. The van der Waals surface area contributed by atoms with Gasteiger partial charge in [0.05, 0.1) is 19.5 Å². The number of imidazole rings is 1. The molecule has 0 aromatic carbocycles. The van der Waals surface area contributed by atoms with Gasteiger partial charge in [-0.3, -0.25) is 14.4 Å². The van der Waals surface area contributed by atoms with Gasteiger partial charge in [-0.2, -0.15) is 0 Å². The summed E-state index contributed by atoms with van der Waals surface area (Å²) in [7, 11) is 1.26. The molecule has 0 saturated carbocycles. The van der Waals surface area contributed by atoms with E-state index in [1.165, 1.54) is 13.4 Å². The molecule has 11 nitrogen and oxygen atoms in total. The van der Waals surface area contributed by atoms with Crippen molar-refractivity contribution in [2.24, 2.45) is 23.5 Å². The van der Waals surface area contributed by atoms with Crippen LogP contribution in [0, 0.1) is 17.8 Å². The highest BCUT2D eigenvalue weighted by atomic mass is 16.5. The summed E-state index contributed by atoms with van der Waals surface area (Å²) in [5.74, 6) is -1.96. The van der Waals surface area contributed by atoms with Gasteiger partial charge in [-0.15, -0.1) is 0 Å². The summed E-state index contributed by atoms with van der Waals surface area (Å²) >= 11 is 0. The number of aromatic nitrogens is 2. The quantitative estimate of drug-likeness (QED) is 0.237. The number of hydrogen-bond donors (Lipinski definition) is 5. The van der Waals surface area contributed by atoms with Crippen molar-refractivity contribution < 1.29 is 23.9 Å². The minimum atomic E-state index is -0.984. The van der Waals surface area contributed by atoms with E-state index in [0.29, 0.717) is 18.5 Å². The van der Waals surface area contributed by atoms with Crippen LogP contribution in [-0.4, -0.2) is 64.9 Å². The predicted molar refractivity (Wildman–Crippen MR) is 132 cm³/mol. The van der Waals surface area contributed by atoms with Gasteiger partial charge in [0, 0.05) is 18.3 Å². The third-order valence-electron chi connectivity index (χ3n) is 5.48. The molecule has 1 aromatic rings. The Morgan fingerprint density at radius 3 is 1.89 bits per heavy atom. The number of nitrogens with two attached hydrogens (primary N) is 1. The molecule has 198 valence electrons. The lowest BCUT2D eigenvalue weighted by atomic mass is 9.99. The Kier molecular flexibility index (Phi) is 12.4. The first-order valence-electron chi connectivity index (χ1n) is 12.1. The maximum atomic E-state index is 13.3. The number of H-pyrrole nitrogens is 1. The molecule has 3 amide bonds. The van der Waals surface area contributed by atoms with Gasteiger partial charge in [0.15, 0.2) is 0 Å². The zero-order chi connectivity index (χ0) is 26.7. The second kappa shape index (κ2) is 14.4. The van der Waals surface area contributed by atoms with E-state index in [1.54, 1.807) is 6.20 Å². The van der Waals surface area contributed by atoms with Crippen molar-refractivity contribution in [2.75, 3.05) is 7.11 Å². The zero-order valence-electron chi connectivity index (χ0n) is 21.9. The Bertz CT molecular complexity index is 824. The summed E-state index contributed by atoms with van der Waals surface area (Å²) in [5, 5.41) is 8.17. The Morgan fingerprint density at radius 2 is 1.40 bits per heavy atom. The van der Waals surface area contributed by atoms with Crippen molar-refractivity contribution in [3.8, 4) is 0 Å². The average molecular weight is 495 g/mol. The van der Waals surface area contributed by atoms with Crippen molar-refractivity contribution >= 4 is 23.7 Å². The molecule has 6 N–H and O–H groups in total. The van der Waals surface area contributed by atoms with Crippen molar-refractivity contribution in [3.63, 3.8) is 0 Å². The number of esters is 1. The zero-order valence-corrected chi connectivity index (χ0v) is 21.9. The molecule has 1 heterocycles. The standard InChI is InChI=1S/C24H42N6O5/c1-13(2)8-17(21(31)30-19(9-14(3)4)24(34)35-7)28-22(32)18(10-16-11-26-12-27-16)29-23(33)20(25)15(5)6/h11-15,17-20H,8-10,25H2,1-7H3,(H,26,27)(H,28,32)(H,29,33)(H,30,31)/t17-,18-,19-,20-/m0/s1. The Balaban J connectivity index is 3.08. The summed E-state index contributed by atoms with van der Waals surface area (Å²) < 4.78 is 4.83. The number of nitrogens with zero attached hydrogens (tertiary/aromatic N) is 1. The van der Waals surface area contributed by atoms with E-state index in [-0.39, 0.29) is 24.2 Å². The van der Waals surface area contributed by atoms with Crippen molar-refractivity contribution in [1.29, 1.82) is 0 Å². The molecular weight excluding hydrogens is 452 g/mol. The first kappa shape index (κ1) is 30.1. The van der Waals surface area contributed by atoms with Crippen LogP contribution in [-0.2, 0) is 30.3 Å². The van der Waals surface area contributed by atoms with E-state index in [2.05, 4.69) is 25.9 Å². The molecule has 0 aliphatic heterocycles. The third-order valence-corrected chi connectivity index (χ3v) is 5.48. The molecule has 0 bridgehead atoms. The van der Waals surface area contributed by atoms with Gasteiger partial charge >= 0.3 is 5.97 Å². The predicted octanol–water partition coefficient (Wildman–Crippen LogP) is 0.655. The van der Waals surface area contributed by atoms with Crippen LogP contribution in [0.25, 0.3) is 0 Å². The number of carbonyl (C=O) groups is 4. The summed E-state index contributed by atoms with van der Waals surface area (Å²) in [6, 6.07) is -3.52. The molecule has 0 aliphatic carbocycles. The molecule has 35 heavy (non-hydrogen) atoms. The Hall–Kier alpha value is -2.95. The van der Waals surface area contributed by atoms with Crippen LogP contribution in [0.3, 0.4) is 0 Å². The average Bonchev–Trinajstić information content (AvgIpc) is 3.28. The lowest BCUT2D eigenvalue weighted by Crippen LogP contribution is -2.58. The summed E-state index contributed by atoms with van der Waals surface area (Å²) in [4.78, 5) is 58.1. The molecule has 11 heteroatoms. The molecule has 0 spiro atoms. The van der Waals surface area contributed by atoms with E-state index in [4.69, 9.17) is 10.5 Å². The fourth-order valence-corrected chi connectivity index (χ4v) is 3.47. The first-order valence-corrected chi connectivity index (χ1v) is 12.1. The Labute approximate surface area is 207 Å². The minimum absolute atomic E-state index is 0.0720. The topological polar surface area (TPSA) is 168 Å². The van der Waals surface area contributed by atoms with Gasteiger partial charge in [-0.25, -0.2) is 9.78 Å². The fraction of sp³-hybridized carbons (Fsp3) is 0.708. The number of carbonyl (C=O) groups excluding carboxylic acids is 4. The highest BCUT2D eigenvalue weighted by molar-refractivity contribution is 5.94. The molecule has 0 radical (unpaired) electrons. The van der Waals surface area contributed by atoms with Crippen molar-refractivity contribution in [1.82, 2.24) is 25.9 Å². The second-order valence-electron chi connectivity index (χ2n) is 10.0. The van der Waals surface area contributed by atoms with Crippen molar-refractivity contribution in [2.45, 2.75) is 85.0 Å². The summed E-state index contributed by atoms with van der Waals surface area (Å²) in [5.41, 5.74) is 6.60.